The van der Waals surface area contributed by atoms with E-state index in [2.05, 4.69) is 5.32 Å². The number of aldehydes is 1. The smallest absolute Gasteiger partial charge is 0.216 e. The minimum atomic E-state index is -1.22. The summed E-state index contributed by atoms with van der Waals surface area (Å²) in [4.78, 5) is 21.7. The first-order valence-corrected chi connectivity index (χ1v) is 6.23. The van der Waals surface area contributed by atoms with E-state index >= 15 is 0 Å². The van der Waals surface area contributed by atoms with Gasteiger partial charge in [0.25, 0.3) is 0 Å². The molecular formula is C14H19NO5. The Kier molecular flexibility index (Phi) is 6.14. The summed E-state index contributed by atoms with van der Waals surface area (Å²) in [5.74, 6) is 0.278. The molecule has 0 aliphatic heterocycles. The second kappa shape index (κ2) is 7.62. The zero-order valence-corrected chi connectivity index (χ0v) is 11.5. The maximum Gasteiger partial charge on any atom is 0.216 e. The number of hydrogen-bond donors (Lipinski definition) is 3. The largest absolute Gasteiger partial charge is 0.497 e. The number of nitrogens with one attached hydrogen (secondary N) is 1. The number of benzene rings is 1. The monoisotopic (exact) mass is 281 g/mol. The number of carbonyl (C=O) groups is 2. The second-order valence-electron chi connectivity index (χ2n) is 4.40. The normalized spacial score (nSPS) is 13.4. The number of rotatable bonds is 7. The van der Waals surface area contributed by atoms with E-state index in [0.717, 1.165) is 0 Å². The summed E-state index contributed by atoms with van der Waals surface area (Å²) in [6, 6.07) is 4.63. The fourth-order valence-electron chi connectivity index (χ4n) is 1.80. The summed E-state index contributed by atoms with van der Waals surface area (Å²) in [6.07, 6.45) is -1.53. The van der Waals surface area contributed by atoms with Gasteiger partial charge in [0.1, 0.15) is 18.1 Å². The van der Waals surface area contributed by atoms with Crippen LogP contribution < -0.4 is 10.1 Å². The molecule has 0 saturated heterocycles. The van der Waals surface area contributed by atoms with Gasteiger partial charge in [0.15, 0.2) is 0 Å². The Bertz CT molecular complexity index is 475. The molecule has 0 aromatic heterocycles. The highest BCUT2D eigenvalue weighted by Gasteiger charge is 2.21. The van der Waals surface area contributed by atoms with Crippen LogP contribution in [-0.4, -0.2) is 42.2 Å². The lowest BCUT2D eigenvalue weighted by atomic mass is 9.97. The highest BCUT2D eigenvalue weighted by molar-refractivity contribution is 5.78. The molecule has 0 aliphatic rings. The van der Waals surface area contributed by atoms with E-state index in [1.165, 1.54) is 26.2 Å². The first-order chi connectivity index (χ1) is 9.49. The van der Waals surface area contributed by atoms with Crippen molar-refractivity contribution < 1.29 is 24.5 Å². The fourth-order valence-corrected chi connectivity index (χ4v) is 1.80. The van der Waals surface area contributed by atoms with Crippen molar-refractivity contribution in [3.63, 3.8) is 0 Å². The molecule has 1 amide bonds. The molecule has 0 bridgehead atoms. The molecule has 1 aromatic rings. The van der Waals surface area contributed by atoms with E-state index in [-0.39, 0.29) is 24.4 Å². The zero-order chi connectivity index (χ0) is 15.1. The van der Waals surface area contributed by atoms with E-state index in [9.17, 15) is 19.8 Å². The number of hydrogen-bond acceptors (Lipinski definition) is 5. The highest BCUT2D eigenvalue weighted by atomic mass is 16.5. The third kappa shape index (κ3) is 4.32. The maximum atomic E-state index is 11.0. The summed E-state index contributed by atoms with van der Waals surface area (Å²) in [5, 5.41) is 22.5. The molecule has 1 rings (SSSR count). The number of amides is 1. The van der Waals surface area contributed by atoms with Gasteiger partial charge in [0.05, 0.1) is 13.2 Å². The molecule has 20 heavy (non-hydrogen) atoms. The van der Waals surface area contributed by atoms with Crippen molar-refractivity contribution in [3.05, 3.63) is 29.3 Å². The Hall–Kier alpha value is -1.92. The SMILES string of the molecule is COc1ccc(C=O)c(C(O)C(O)CCNC(C)=O)c1. The van der Waals surface area contributed by atoms with Crippen LogP contribution in [0, 0.1) is 0 Å². The topological polar surface area (TPSA) is 95.9 Å². The van der Waals surface area contributed by atoms with Crippen LogP contribution in [0.2, 0.25) is 0 Å². The number of aliphatic hydroxyl groups excluding tert-OH is 2. The average molecular weight is 281 g/mol. The first kappa shape index (κ1) is 16.1. The van der Waals surface area contributed by atoms with Gasteiger partial charge in [-0.3, -0.25) is 9.59 Å². The molecule has 0 heterocycles. The molecule has 0 fully saturated rings. The van der Waals surface area contributed by atoms with Crippen LogP contribution in [0.4, 0.5) is 0 Å². The number of aliphatic hydroxyl groups is 2. The minimum Gasteiger partial charge on any atom is -0.497 e. The van der Waals surface area contributed by atoms with E-state index < -0.39 is 12.2 Å². The quantitative estimate of drug-likeness (QED) is 0.630. The van der Waals surface area contributed by atoms with Crippen molar-refractivity contribution in [2.75, 3.05) is 13.7 Å². The van der Waals surface area contributed by atoms with Gasteiger partial charge >= 0.3 is 0 Å². The Morgan fingerprint density at radius 3 is 2.70 bits per heavy atom. The van der Waals surface area contributed by atoms with Crippen molar-refractivity contribution in [2.45, 2.75) is 25.6 Å². The molecule has 0 saturated carbocycles. The molecule has 3 N–H and O–H groups in total. The lowest BCUT2D eigenvalue weighted by molar-refractivity contribution is -0.119. The van der Waals surface area contributed by atoms with Crippen LogP contribution in [0.25, 0.3) is 0 Å². The standard InChI is InChI=1S/C14H19NO5/c1-9(17)15-6-5-13(18)14(19)12-7-11(20-2)4-3-10(12)8-16/h3-4,7-8,13-14,18-19H,5-6H2,1-2H3,(H,15,17). The van der Waals surface area contributed by atoms with Crippen LogP contribution in [-0.2, 0) is 4.79 Å². The first-order valence-electron chi connectivity index (χ1n) is 6.23. The van der Waals surface area contributed by atoms with Gasteiger partial charge in [-0.15, -0.1) is 0 Å². The van der Waals surface area contributed by atoms with Crippen LogP contribution in [0.5, 0.6) is 5.75 Å². The lowest BCUT2D eigenvalue weighted by Crippen LogP contribution is -2.28. The van der Waals surface area contributed by atoms with Crippen molar-refractivity contribution in [1.82, 2.24) is 5.32 Å². The summed E-state index contributed by atoms with van der Waals surface area (Å²) in [6.45, 7) is 1.61. The maximum absolute atomic E-state index is 11.0. The van der Waals surface area contributed by atoms with Crippen molar-refractivity contribution in [2.24, 2.45) is 0 Å². The molecule has 0 aliphatic carbocycles. The molecule has 110 valence electrons. The molecule has 6 nitrogen and oxygen atoms in total. The van der Waals surface area contributed by atoms with Crippen LogP contribution in [0.15, 0.2) is 18.2 Å². The van der Waals surface area contributed by atoms with Gasteiger partial charge in [0, 0.05) is 19.0 Å². The Labute approximate surface area is 117 Å². The summed E-state index contributed by atoms with van der Waals surface area (Å²) in [5.41, 5.74) is 0.589. The third-order valence-electron chi connectivity index (χ3n) is 2.92. The Morgan fingerprint density at radius 2 is 2.15 bits per heavy atom. The van der Waals surface area contributed by atoms with Gasteiger partial charge < -0.3 is 20.3 Å². The summed E-state index contributed by atoms with van der Waals surface area (Å²) < 4.78 is 5.03. The van der Waals surface area contributed by atoms with Gasteiger partial charge in [-0.05, 0) is 30.2 Å². The van der Waals surface area contributed by atoms with Crippen molar-refractivity contribution in [1.29, 1.82) is 0 Å². The van der Waals surface area contributed by atoms with Gasteiger partial charge in [-0.2, -0.15) is 0 Å². The highest BCUT2D eigenvalue weighted by Crippen LogP contribution is 2.26. The van der Waals surface area contributed by atoms with Crippen LogP contribution >= 0.6 is 0 Å². The third-order valence-corrected chi connectivity index (χ3v) is 2.92. The van der Waals surface area contributed by atoms with Crippen molar-refractivity contribution >= 4 is 12.2 Å². The van der Waals surface area contributed by atoms with E-state index in [4.69, 9.17) is 4.74 Å². The van der Waals surface area contributed by atoms with Gasteiger partial charge in [-0.1, -0.05) is 0 Å². The molecular weight excluding hydrogens is 262 g/mol. The second-order valence-corrected chi connectivity index (χ2v) is 4.40. The molecule has 6 heteroatoms. The molecule has 1 aromatic carbocycles. The molecule has 2 unspecified atom stereocenters. The van der Waals surface area contributed by atoms with E-state index in [1.54, 1.807) is 6.07 Å². The average Bonchev–Trinajstić information content (AvgIpc) is 2.45. The minimum absolute atomic E-state index is 0.177. The Balaban J connectivity index is 2.81. The lowest BCUT2D eigenvalue weighted by Gasteiger charge is -2.20. The van der Waals surface area contributed by atoms with E-state index in [1.807, 2.05) is 0 Å². The van der Waals surface area contributed by atoms with Gasteiger partial charge in [0.2, 0.25) is 5.91 Å². The fraction of sp³-hybridized carbons (Fsp3) is 0.429. The number of carbonyl (C=O) groups excluding carboxylic acids is 2. The van der Waals surface area contributed by atoms with Crippen LogP contribution in [0.3, 0.4) is 0 Å². The summed E-state index contributed by atoms with van der Waals surface area (Å²) >= 11 is 0. The van der Waals surface area contributed by atoms with E-state index in [0.29, 0.717) is 17.6 Å². The molecule has 0 radical (unpaired) electrons. The molecule has 0 spiro atoms. The van der Waals surface area contributed by atoms with Crippen LogP contribution in [0.1, 0.15) is 35.4 Å². The number of ether oxygens (including phenoxy) is 1. The van der Waals surface area contributed by atoms with Crippen molar-refractivity contribution in [3.8, 4) is 5.75 Å². The molecule has 2 atom stereocenters. The predicted octanol–water partition coefficient (Wildman–Crippen LogP) is 0.428. The zero-order valence-electron chi connectivity index (χ0n) is 11.5. The Morgan fingerprint density at radius 1 is 1.45 bits per heavy atom. The van der Waals surface area contributed by atoms with Gasteiger partial charge in [-0.25, -0.2) is 0 Å². The predicted molar refractivity (Wildman–Crippen MR) is 72.6 cm³/mol. The number of methoxy groups -OCH3 is 1. The summed E-state index contributed by atoms with van der Waals surface area (Å²) in [7, 11) is 1.47.